The molecule has 0 saturated carbocycles. The first-order chi connectivity index (χ1) is 8.16. The Morgan fingerprint density at radius 3 is 2.41 bits per heavy atom. The Balaban J connectivity index is 2.27. The Morgan fingerprint density at radius 2 is 1.82 bits per heavy atom. The zero-order valence-electron chi connectivity index (χ0n) is 9.81. The van der Waals surface area contributed by atoms with Crippen LogP contribution < -0.4 is 5.32 Å². The third-order valence-corrected chi connectivity index (χ3v) is 2.58. The molecule has 2 rings (SSSR count). The fraction of sp³-hybridized carbons (Fsp3) is 0.231. The lowest BCUT2D eigenvalue weighted by atomic mass is 10.1. The van der Waals surface area contributed by atoms with E-state index in [4.69, 9.17) is 11.6 Å². The van der Waals surface area contributed by atoms with Crippen LogP contribution in [0.1, 0.15) is 13.8 Å². The molecule has 1 aromatic heterocycles. The van der Waals surface area contributed by atoms with Crippen molar-refractivity contribution >= 4 is 17.4 Å². The Kier molecular flexibility index (Phi) is 3.59. The van der Waals surface area contributed by atoms with Gasteiger partial charge < -0.3 is 5.32 Å². The molecule has 0 aliphatic rings. The molecule has 0 aliphatic carbocycles. The molecular weight excluding hydrogens is 234 g/mol. The van der Waals surface area contributed by atoms with Crippen molar-refractivity contribution in [2.24, 2.45) is 0 Å². The summed E-state index contributed by atoms with van der Waals surface area (Å²) in [6.07, 6.45) is 0. The molecule has 1 aromatic carbocycles. The number of anilines is 1. The predicted octanol–water partition coefficient (Wildman–Crippen LogP) is 3.62. The second kappa shape index (κ2) is 5.15. The van der Waals surface area contributed by atoms with E-state index in [0.29, 0.717) is 11.1 Å². The molecule has 0 spiro atoms. The van der Waals surface area contributed by atoms with Crippen LogP contribution in [0.3, 0.4) is 0 Å². The zero-order chi connectivity index (χ0) is 12.3. The maximum atomic E-state index is 6.10. The van der Waals surface area contributed by atoms with Gasteiger partial charge in [-0.3, -0.25) is 0 Å². The summed E-state index contributed by atoms with van der Waals surface area (Å²) in [5, 5.41) is 12.2. The number of aromatic nitrogens is 2. The van der Waals surface area contributed by atoms with E-state index in [1.54, 1.807) is 0 Å². The lowest BCUT2D eigenvalue weighted by Gasteiger charge is -2.08. The molecule has 4 heteroatoms. The molecule has 3 nitrogen and oxygen atoms in total. The molecular formula is C13H14ClN3. The number of hydrogen-bond donors (Lipinski definition) is 1. The van der Waals surface area contributed by atoms with Gasteiger partial charge in [-0.2, -0.15) is 0 Å². The van der Waals surface area contributed by atoms with Gasteiger partial charge in [-0.15, -0.1) is 10.2 Å². The summed E-state index contributed by atoms with van der Waals surface area (Å²) in [4.78, 5) is 0. The molecule has 0 amide bonds. The molecule has 0 aliphatic heterocycles. The minimum Gasteiger partial charge on any atom is -0.366 e. The Bertz CT molecular complexity index is 494. The van der Waals surface area contributed by atoms with Crippen LogP contribution in [0.25, 0.3) is 11.3 Å². The topological polar surface area (TPSA) is 37.8 Å². The molecule has 0 radical (unpaired) electrons. The average Bonchev–Trinajstić information content (AvgIpc) is 2.30. The number of hydrogen-bond acceptors (Lipinski definition) is 3. The smallest absolute Gasteiger partial charge is 0.148 e. The first-order valence-corrected chi connectivity index (χ1v) is 5.90. The summed E-state index contributed by atoms with van der Waals surface area (Å²) in [5.74, 6) is 0.774. The summed E-state index contributed by atoms with van der Waals surface area (Å²) >= 11 is 6.10. The van der Waals surface area contributed by atoms with Crippen molar-refractivity contribution in [1.29, 1.82) is 0 Å². The highest BCUT2D eigenvalue weighted by molar-refractivity contribution is 6.33. The molecule has 17 heavy (non-hydrogen) atoms. The molecule has 0 saturated heterocycles. The van der Waals surface area contributed by atoms with Gasteiger partial charge in [0.05, 0.1) is 10.7 Å². The summed E-state index contributed by atoms with van der Waals surface area (Å²) in [6, 6.07) is 11.8. The quantitative estimate of drug-likeness (QED) is 0.900. The van der Waals surface area contributed by atoms with Crippen molar-refractivity contribution in [2.75, 3.05) is 5.32 Å². The summed E-state index contributed by atoms with van der Waals surface area (Å²) in [5.41, 5.74) is 1.68. The molecule has 1 N–H and O–H groups in total. The van der Waals surface area contributed by atoms with Crippen LogP contribution in [0.4, 0.5) is 5.82 Å². The summed E-state index contributed by atoms with van der Waals surface area (Å²) in [6.45, 7) is 4.12. The fourth-order valence-corrected chi connectivity index (χ4v) is 1.75. The second-order valence-corrected chi connectivity index (χ2v) is 4.49. The third kappa shape index (κ3) is 2.94. The van der Waals surface area contributed by atoms with Crippen LogP contribution in [-0.2, 0) is 0 Å². The monoisotopic (exact) mass is 247 g/mol. The molecule has 1 heterocycles. The van der Waals surface area contributed by atoms with Gasteiger partial charge in [0.25, 0.3) is 0 Å². The first-order valence-electron chi connectivity index (χ1n) is 5.52. The number of nitrogens with one attached hydrogen (secondary N) is 1. The maximum Gasteiger partial charge on any atom is 0.148 e. The molecule has 0 atom stereocenters. The van der Waals surface area contributed by atoms with Crippen molar-refractivity contribution in [3.63, 3.8) is 0 Å². The van der Waals surface area contributed by atoms with E-state index in [1.807, 2.05) is 36.4 Å². The van der Waals surface area contributed by atoms with Crippen LogP contribution in [-0.4, -0.2) is 16.2 Å². The molecule has 88 valence electrons. The van der Waals surface area contributed by atoms with Gasteiger partial charge in [-0.05, 0) is 32.0 Å². The van der Waals surface area contributed by atoms with E-state index in [-0.39, 0.29) is 0 Å². The van der Waals surface area contributed by atoms with Gasteiger partial charge in [0.15, 0.2) is 0 Å². The van der Waals surface area contributed by atoms with Gasteiger partial charge in [0.1, 0.15) is 5.82 Å². The Morgan fingerprint density at radius 1 is 1.06 bits per heavy atom. The Labute approximate surface area is 106 Å². The first kappa shape index (κ1) is 11.9. The second-order valence-electron chi connectivity index (χ2n) is 4.08. The molecule has 2 aromatic rings. The lowest BCUT2D eigenvalue weighted by molar-refractivity contribution is 0.874. The minimum absolute atomic E-state index is 0.343. The highest BCUT2D eigenvalue weighted by atomic mass is 35.5. The highest BCUT2D eigenvalue weighted by Crippen LogP contribution is 2.25. The van der Waals surface area contributed by atoms with Crippen LogP contribution >= 0.6 is 11.6 Å². The van der Waals surface area contributed by atoms with Crippen molar-refractivity contribution in [2.45, 2.75) is 19.9 Å². The number of rotatable bonds is 3. The van der Waals surface area contributed by atoms with Crippen LogP contribution in [0.15, 0.2) is 36.4 Å². The van der Waals surface area contributed by atoms with E-state index in [1.165, 1.54) is 0 Å². The van der Waals surface area contributed by atoms with Gasteiger partial charge in [-0.1, -0.05) is 29.8 Å². The number of benzene rings is 1. The largest absolute Gasteiger partial charge is 0.366 e. The zero-order valence-corrected chi connectivity index (χ0v) is 10.6. The highest BCUT2D eigenvalue weighted by Gasteiger charge is 2.05. The Hall–Kier alpha value is -1.61. The molecule has 0 fully saturated rings. The van der Waals surface area contributed by atoms with E-state index in [9.17, 15) is 0 Å². The van der Waals surface area contributed by atoms with Crippen molar-refractivity contribution in [3.8, 4) is 11.3 Å². The minimum atomic E-state index is 0.343. The van der Waals surface area contributed by atoms with Gasteiger partial charge in [-0.25, -0.2) is 0 Å². The standard InChI is InChI=1S/C13H14ClN3/c1-9(2)15-13-8-7-12(16-17-13)10-5-3-4-6-11(10)14/h3-9H,1-2H3,(H,15,17). The van der Waals surface area contributed by atoms with Gasteiger partial charge >= 0.3 is 0 Å². The fourth-order valence-electron chi connectivity index (χ4n) is 1.52. The van der Waals surface area contributed by atoms with Gasteiger partial charge in [0, 0.05) is 11.6 Å². The van der Waals surface area contributed by atoms with Crippen LogP contribution in [0, 0.1) is 0 Å². The van der Waals surface area contributed by atoms with E-state index in [2.05, 4.69) is 29.4 Å². The normalized spacial score (nSPS) is 10.6. The summed E-state index contributed by atoms with van der Waals surface area (Å²) < 4.78 is 0. The molecule has 0 unspecified atom stereocenters. The summed E-state index contributed by atoms with van der Waals surface area (Å²) in [7, 11) is 0. The van der Waals surface area contributed by atoms with E-state index < -0.39 is 0 Å². The number of halogens is 1. The van der Waals surface area contributed by atoms with Crippen molar-refractivity contribution in [3.05, 3.63) is 41.4 Å². The van der Waals surface area contributed by atoms with E-state index in [0.717, 1.165) is 17.1 Å². The SMILES string of the molecule is CC(C)Nc1ccc(-c2ccccc2Cl)nn1. The van der Waals surface area contributed by atoms with Gasteiger partial charge in [0.2, 0.25) is 0 Å². The predicted molar refractivity (Wildman–Crippen MR) is 71.2 cm³/mol. The maximum absolute atomic E-state index is 6.10. The lowest BCUT2D eigenvalue weighted by Crippen LogP contribution is -2.11. The van der Waals surface area contributed by atoms with Crippen LogP contribution in [0.5, 0.6) is 0 Å². The third-order valence-electron chi connectivity index (χ3n) is 2.25. The molecule has 0 bridgehead atoms. The van der Waals surface area contributed by atoms with Crippen LogP contribution in [0.2, 0.25) is 5.02 Å². The van der Waals surface area contributed by atoms with Crippen molar-refractivity contribution < 1.29 is 0 Å². The average molecular weight is 248 g/mol. The van der Waals surface area contributed by atoms with E-state index >= 15 is 0 Å². The van der Waals surface area contributed by atoms with Crippen molar-refractivity contribution in [1.82, 2.24) is 10.2 Å². The number of nitrogens with zero attached hydrogens (tertiary/aromatic N) is 2.